The number of hydrogen-bond acceptors (Lipinski definition) is 4. The zero-order chi connectivity index (χ0) is 17.7. The van der Waals surface area contributed by atoms with Gasteiger partial charge in [0.25, 0.3) is 0 Å². The van der Waals surface area contributed by atoms with Crippen LogP contribution in [0.1, 0.15) is 6.42 Å². The Morgan fingerprint density at radius 1 is 0.913 bits per heavy atom. The molecule has 132 valence electrons. The molecule has 0 heterocycles. The van der Waals surface area contributed by atoms with Crippen molar-refractivity contribution in [2.45, 2.75) is 58.3 Å². The van der Waals surface area contributed by atoms with Crippen molar-refractivity contribution in [3.63, 3.8) is 0 Å². The van der Waals surface area contributed by atoms with Crippen molar-refractivity contribution in [1.29, 1.82) is 0 Å². The molecular weight excluding hydrogens is 336 g/mol. The molecule has 0 aliphatic carbocycles. The smallest absolute Gasteiger partial charge is 0.314 e. The summed E-state index contributed by atoms with van der Waals surface area (Å²) in [7, 11) is -5.33. The van der Waals surface area contributed by atoms with Gasteiger partial charge < -0.3 is 19.3 Å². The van der Waals surface area contributed by atoms with Crippen molar-refractivity contribution in [3.05, 3.63) is 24.3 Å². The lowest BCUT2D eigenvalue weighted by atomic mass is 10.2. The van der Waals surface area contributed by atoms with Gasteiger partial charge in [-0.05, 0) is 70.4 Å². The van der Waals surface area contributed by atoms with Crippen LogP contribution in [-0.4, -0.2) is 31.7 Å². The van der Waals surface area contributed by atoms with Gasteiger partial charge in [0.1, 0.15) is 0 Å². The molecule has 0 radical (unpaired) electrons. The van der Waals surface area contributed by atoms with E-state index in [0.29, 0.717) is 0 Å². The third-order valence-electron chi connectivity index (χ3n) is 3.13. The van der Waals surface area contributed by atoms with Gasteiger partial charge in [0.05, 0.1) is 11.4 Å². The lowest BCUT2D eigenvalue weighted by Crippen LogP contribution is -2.52. The lowest BCUT2D eigenvalue weighted by molar-refractivity contribution is 0.382. The summed E-state index contributed by atoms with van der Waals surface area (Å²) < 4.78 is 13.0. The summed E-state index contributed by atoms with van der Waals surface area (Å²) in [5.74, 6) is 0. The second-order valence-corrected chi connectivity index (χ2v) is 21.0. The first-order valence-corrected chi connectivity index (χ1v) is 17.7. The fourth-order valence-electron chi connectivity index (χ4n) is 2.71. The van der Waals surface area contributed by atoms with Crippen LogP contribution in [0.2, 0.25) is 51.9 Å². The molecule has 0 spiro atoms. The second-order valence-electron chi connectivity index (χ2n) is 8.18. The Hall–Kier alpha value is -0.609. The van der Waals surface area contributed by atoms with Crippen molar-refractivity contribution >= 4 is 36.6 Å². The molecule has 0 bridgehead atoms. The van der Waals surface area contributed by atoms with Crippen LogP contribution in [0.3, 0.4) is 0 Å². The topological polar surface area (TPSA) is 56.5 Å². The van der Waals surface area contributed by atoms with Crippen LogP contribution in [0.15, 0.2) is 24.3 Å². The van der Waals surface area contributed by atoms with Crippen LogP contribution >= 0.6 is 0 Å². The fourth-order valence-corrected chi connectivity index (χ4v) is 15.2. The number of hydrogen-bond donors (Lipinski definition) is 2. The molecule has 0 fully saturated rings. The SMILES string of the molecule is C[Si](C)(C)O[Si](C)(CCCNc1ccccc1N)O[Si](C)(C)C. The molecule has 0 aliphatic heterocycles. The number of nitrogens with one attached hydrogen (secondary N) is 1. The maximum absolute atomic E-state index is 6.52. The minimum absolute atomic E-state index is 0.796. The molecule has 3 N–H and O–H groups in total. The van der Waals surface area contributed by atoms with E-state index >= 15 is 0 Å². The van der Waals surface area contributed by atoms with Crippen LogP contribution in [0.4, 0.5) is 11.4 Å². The van der Waals surface area contributed by atoms with Gasteiger partial charge in [-0.15, -0.1) is 0 Å². The minimum atomic E-state index is -2.12. The lowest BCUT2D eigenvalue weighted by Gasteiger charge is -2.38. The molecule has 0 atom stereocenters. The third-order valence-corrected chi connectivity index (χ3v) is 12.7. The molecule has 0 unspecified atom stereocenters. The van der Waals surface area contributed by atoms with Gasteiger partial charge in [0.15, 0.2) is 16.6 Å². The summed E-state index contributed by atoms with van der Waals surface area (Å²) >= 11 is 0. The van der Waals surface area contributed by atoms with Gasteiger partial charge in [-0.1, -0.05) is 12.1 Å². The van der Waals surface area contributed by atoms with Crippen molar-refractivity contribution in [3.8, 4) is 0 Å². The molecule has 0 aromatic heterocycles. The molecule has 1 aromatic rings. The molecule has 0 aliphatic rings. The molecule has 0 saturated carbocycles. The molecule has 7 heteroatoms. The van der Waals surface area contributed by atoms with Gasteiger partial charge >= 0.3 is 8.56 Å². The average Bonchev–Trinajstić information content (AvgIpc) is 2.31. The van der Waals surface area contributed by atoms with E-state index in [2.05, 4.69) is 51.1 Å². The number of anilines is 2. The van der Waals surface area contributed by atoms with E-state index in [9.17, 15) is 0 Å². The van der Waals surface area contributed by atoms with E-state index in [1.807, 2.05) is 24.3 Å². The maximum Gasteiger partial charge on any atom is 0.314 e. The number of nitrogen functional groups attached to an aromatic ring is 1. The number of para-hydroxylation sites is 2. The van der Waals surface area contributed by atoms with E-state index in [1.165, 1.54) is 0 Å². The zero-order valence-corrected chi connectivity index (χ0v) is 18.8. The molecule has 1 aromatic carbocycles. The van der Waals surface area contributed by atoms with E-state index in [-0.39, 0.29) is 0 Å². The summed E-state index contributed by atoms with van der Waals surface area (Å²) in [6, 6.07) is 8.91. The summed E-state index contributed by atoms with van der Waals surface area (Å²) in [5.41, 5.74) is 7.77. The Balaban J connectivity index is 2.59. The van der Waals surface area contributed by atoms with Crippen LogP contribution in [0.25, 0.3) is 0 Å². The van der Waals surface area contributed by atoms with Gasteiger partial charge in [-0.25, -0.2) is 0 Å². The van der Waals surface area contributed by atoms with Gasteiger partial charge in [-0.3, -0.25) is 0 Å². The van der Waals surface area contributed by atoms with Crippen LogP contribution < -0.4 is 11.1 Å². The quantitative estimate of drug-likeness (QED) is 0.371. The Kier molecular flexibility index (Phi) is 7.09. The Morgan fingerprint density at radius 2 is 1.43 bits per heavy atom. The molecule has 4 nitrogen and oxygen atoms in total. The van der Waals surface area contributed by atoms with Crippen molar-refractivity contribution in [1.82, 2.24) is 0 Å². The number of nitrogens with two attached hydrogens (primary N) is 1. The Bertz CT molecular complexity index is 483. The van der Waals surface area contributed by atoms with E-state index < -0.39 is 25.2 Å². The van der Waals surface area contributed by atoms with E-state index in [0.717, 1.165) is 30.4 Å². The highest BCUT2D eigenvalue weighted by molar-refractivity contribution is 6.87. The van der Waals surface area contributed by atoms with Crippen LogP contribution in [0.5, 0.6) is 0 Å². The highest BCUT2D eigenvalue weighted by Crippen LogP contribution is 2.25. The summed E-state index contributed by atoms with van der Waals surface area (Å²) in [6.45, 7) is 16.6. The second kappa shape index (κ2) is 7.98. The predicted molar refractivity (Wildman–Crippen MR) is 109 cm³/mol. The Labute approximate surface area is 145 Å². The van der Waals surface area contributed by atoms with Crippen LogP contribution in [0, 0.1) is 0 Å². The minimum Gasteiger partial charge on any atom is -0.437 e. The monoisotopic (exact) mass is 370 g/mol. The average molecular weight is 371 g/mol. The molecule has 23 heavy (non-hydrogen) atoms. The molecule has 1 rings (SSSR count). The van der Waals surface area contributed by atoms with Gasteiger partial charge in [0.2, 0.25) is 0 Å². The fraction of sp³-hybridized carbons (Fsp3) is 0.625. The maximum atomic E-state index is 6.52. The highest BCUT2D eigenvalue weighted by atomic mass is 28.5. The van der Waals surface area contributed by atoms with Crippen LogP contribution in [-0.2, 0) is 8.23 Å². The first-order chi connectivity index (χ1) is 10.4. The Morgan fingerprint density at radius 3 is 1.91 bits per heavy atom. The van der Waals surface area contributed by atoms with Crippen molar-refractivity contribution in [2.75, 3.05) is 17.6 Å². The van der Waals surface area contributed by atoms with Crippen molar-refractivity contribution in [2.24, 2.45) is 0 Å². The van der Waals surface area contributed by atoms with Gasteiger partial charge in [-0.2, -0.15) is 0 Å². The first kappa shape index (κ1) is 20.4. The summed E-state index contributed by atoms with van der Waals surface area (Å²) in [5, 5.41) is 3.42. The standard InChI is InChI=1S/C16H34N2O2Si3/c1-21(2,3)19-23(7,20-22(4,5)6)14-10-13-18-16-12-9-8-11-15(16)17/h8-9,11-12,18H,10,13-14,17H2,1-7H3. The summed E-state index contributed by atoms with van der Waals surface area (Å²) in [6.07, 6.45) is 1.03. The molecule has 0 amide bonds. The third kappa shape index (κ3) is 8.71. The first-order valence-electron chi connectivity index (χ1n) is 8.39. The number of rotatable bonds is 9. The zero-order valence-electron chi connectivity index (χ0n) is 15.8. The predicted octanol–water partition coefficient (Wildman–Crippen LogP) is 4.85. The highest BCUT2D eigenvalue weighted by Gasteiger charge is 2.39. The van der Waals surface area contributed by atoms with Gasteiger partial charge in [0, 0.05) is 6.54 Å². The van der Waals surface area contributed by atoms with Crippen molar-refractivity contribution < 1.29 is 8.23 Å². The summed E-state index contributed by atoms with van der Waals surface area (Å²) in [4.78, 5) is 0. The molecule has 0 saturated heterocycles. The van der Waals surface area contributed by atoms with E-state index in [4.69, 9.17) is 14.0 Å². The number of benzene rings is 1. The van der Waals surface area contributed by atoms with E-state index in [1.54, 1.807) is 0 Å². The normalized spacial score (nSPS) is 13.2. The largest absolute Gasteiger partial charge is 0.437 e. The molecular formula is C16H34N2O2Si3.